The number of ether oxygens (including phenoxy) is 1. The smallest absolute Gasteiger partial charge is 0.307 e. The molecule has 0 aliphatic carbocycles. The van der Waals surface area contributed by atoms with E-state index in [-0.39, 0.29) is 24.7 Å². The van der Waals surface area contributed by atoms with Gasteiger partial charge < -0.3 is 10.1 Å². The quantitative estimate of drug-likeness (QED) is 0.728. The van der Waals surface area contributed by atoms with Crippen LogP contribution >= 0.6 is 0 Å². The van der Waals surface area contributed by atoms with Crippen molar-refractivity contribution in [1.82, 2.24) is 10.3 Å². The summed E-state index contributed by atoms with van der Waals surface area (Å²) in [7, 11) is 1.32. The molecule has 0 fully saturated rings. The van der Waals surface area contributed by atoms with E-state index < -0.39 is 0 Å². The van der Waals surface area contributed by atoms with E-state index in [0.29, 0.717) is 12.2 Å². The Kier molecular flexibility index (Phi) is 4.98. The molecule has 0 radical (unpaired) electrons. The summed E-state index contributed by atoms with van der Waals surface area (Å²) in [6.07, 6.45) is 2.05. The summed E-state index contributed by atoms with van der Waals surface area (Å²) in [5.74, 6) is -0.485. The third-order valence-corrected chi connectivity index (χ3v) is 1.95. The Labute approximate surface area is 93.8 Å². The number of nitrogens with zero attached hydrogens (tertiary/aromatic N) is 1. The average Bonchev–Trinajstić information content (AvgIpc) is 2.30. The fourth-order valence-electron chi connectivity index (χ4n) is 1.14. The molecular weight excluding hydrogens is 208 g/mol. The van der Waals surface area contributed by atoms with Gasteiger partial charge in [-0.3, -0.25) is 14.6 Å². The molecule has 86 valence electrons. The van der Waals surface area contributed by atoms with Gasteiger partial charge in [0.15, 0.2) is 0 Å². The minimum absolute atomic E-state index is 0.150. The maximum atomic E-state index is 11.4. The number of amides is 1. The van der Waals surface area contributed by atoms with E-state index in [1.165, 1.54) is 7.11 Å². The van der Waals surface area contributed by atoms with E-state index in [2.05, 4.69) is 15.0 Å². The fraction of sp³-hybridized carbons (Fsp3) is 0.364. The van der Waals surface area contributed by atoms with E-state index in [1.807, 2.05) is 6.07 Å². The summed E-state index contributed by atoms with van der Waals surface area (Å²) in [5, 5.41) is 2.62. The van der Waals surface area contributed by atoms with Crippen LogP contribution in [0.3, 0.4) is 0 Å². The molecule has 0 atom stereocenters. The highest BCUT2D eigenvalue weighted by atomic mass is 16.5. The topological polar surface area (TPSA) is 68.3 Å². The first-order chi connectivity index (χ1) is 7.72. The number of hydrogen-bond acceptors (Lipinski definition) is 4. The van der Waals surface area contributed by atoms with Crippen molar-refractivity contribution in [3.63, 3.8) is 0 Å². The Morgan fingerprint density at radius 1 is 1.44 bits per heavy atom. The SMILES string of the molecule is COC(=O)CCNC(=O)Cc1ccccn1. The molecule has 0 unspecified atom stereocenters. The second kappa shape index (κ2) is 6.55. The predicted molar refractivity (Wildman–Crippen MR) is 57.6 cm³/mol. The first-order valence-electron chi connectivity index (χ1n) is 4.96. The summed E-state index contributed by atoms with van der Waals surface area (Å²) >= 11 is 0. The van der Waals surface area contributed by atoms with Crippen LogP contribution in [0.5, 0.6) is 0 Å². The molecule has 1 heterocycles. The van der Waals surface area contributed by atoms with Crippen LogP contribution in [0, 0.1) is 0 Å². The van der Waals surface area contributed by atoms with Crippen LogP contribution in [0.15, 0.2) is 24.4 Å². The number of methoxy groups -OCH3 is 1. The lowest BCUT2D eigenvalue weighted by atomic mass is 10.2. The molecule has 0 aromatic carbocycles. The molecule has 0 saturated carbocycles. The minimum atomic E-state index is -0.335. The van der Waals surface area contributed by atoms with Gasteiger partial charge in [0.2, 0.25) is 5.91 Å². The number of aromatic nitrogens is 1. The van der Waals surface area contributed by atoms with Crippen LogP contribution in [-0.4, -0.2) is 30.5 Å². The largest absolute Gasteiger partial charge is 0.469 e. The zero-order valence-corrected chi connectivity index (χ0v) is 9.10. The number of esters is 1. The van der Waals surface area contributed by atoms with Crippen molar-refractivity contribution >= 4 is 11.9 Å². The molecule has 1 aromatic rings. The van der Waals surface area contributed by atoms with Crippen LogP contribution in [0.2, 0.25) is 0 Å². The second-order valence-corrected chi connectivity index (χ2v) is 3.17. The first-order valence-corrected chi connectivity index (χ1v) is 4.96. The second-order valence-electron chi connectivity index (χ2n) is 3.17. The summed E-state index contributed by atoms with van der Waals surface area (Å²) in [6.45, 7) is 0.290. The van der Waals surface area contributed by atoms with Gasteiger partial charge in [0, 0.05) is 18.4 Å². The van der Waals surface area contributed by atoms with E-state index in [1.54, 1.807) is 18.3 Å². The van der Waals surface area contributed by atoms with Crippen molar-refractivity contribution in [2.75, 3.05) is 13.7 Å². The molecule has 0 aliphatic rings. The van der Waals surface area contributed by atoms with Crippen molar-refractivity contribution < 1.29 is 14.3 Å². The maximum Gasteiger partial charge on any atom is 0.307 e. The van der Waals surface area contributed by atoms with E-state index in [9.17, 15) is 9.59 Å². The maximum absolute atomic E-state index is 11.4. The highest BCUT2D eigenvalue weighted by Gasteiger charge is 2.05. The van der Waals surface area contributed by atoms with Gasteiger partial charge >= 0.3 is 5.97 Å². The zero-order chi connectivity index (χ0) is 11.8. The van der Waals surface area contributed by atoms with Gasteiger partial charge in [-0.15, -0.1) is 0 Å². The number of carbonyl (C=O) groups is 2. The molecular formula is C11H14N2O3. The molecule has 5 heteroatoms. The lowest BCUT2D eigenvalue weighted by Gasteiger charge is -2.03. The Balaban J connectivity index is 2.24. The summed E-state index contributed by atoms with van der Waals surface area (Å²) < 4.78 is 4.45. The summed E-state index contributed by atoms with van der Waals surface area (Å²) in [6, 6.07) is 5.39. The monoisotopic (exact) mass is 222 g/mol. The highest BCUT2D eigenvalue weighted by Crippen LogP contribution is 1.94. The van der Waals surface area contributed by atoms with Crippen LogP contribution < -0.4 is 5.32 Å². The molecule has 1 aromatic heterocycles. The van der Waals surface area contributed by atoms with Crippen molar-refractivity contribution in [3.8, 4) is 0 Å². The predicted octanol–water partition coefficient (Wildman–Crippen LogP) is 0.303. The molecule has 1 rings (SSSR count). The van der Waals surface area contributed by atoms with Crippen molar-refractivity contribution in [1.29, 1.82) is 0 Å². The van der Waals surface area contributed by atoms with Gasteiger partial charge in [-0.25, -0.2) is 0 Å². The van der Waals surface area contributed by atoms with Gasteiger partial charge in [0.05, 0.1) is 20.0 Å². The lowest BCUT2D eigenvalue weighted by molar-refractivity contribution is -0.140. The normalized spacial score (nSPS) is 9.56. The van der Waals surface area contributed by atoms with Crippen LogP contribution in [0.4, 0.5) is 0 Å². The van der Waals surface area contributed by atoms with E-state index >= 15 is 0 Å². The number of nitrogens with one attached hydrogen (secondary N) is 1. The van der Waals surface area contributed by atoms with Crippen molar-refractivity contribution in [2.45, 2.75) is 12.8 Å². The Bertz CT molecular complexity index is 352. The van der Waals surface area contributed by atoms with Gasteiger partial charge in [0.25, 0.3) is 0 Å². The number of carbonyl (C=O) groups excluding carboxylic acids is 2. The van der Waals surface area contributed by atoms with Crippen LogP contribution in [0.25, 0.3) is 0 Å². The zero-order valence-electron chi connectivity index (χ0n) is 9.10. The molecule has 0 saturated heterocycles. The Morgan fingerprint density at radius 2 is 2.25 bits per heavy atom. The summed E-state index contributed by atoms with van der Waals surface area (Å²) in [5.41, 5.74) is 0.707. The number of hydrogen-bond donors (Lipinski definition) is 1. The molecule has 1 N–H and O–H groups in total. The molecule has 0 spiro atoms. The number of pyridine rings is 1. The van der Waals surface area contributed by atoms with Gasteiger partial charge in [-0.05, 0) is 12.1 Å². The molecule has 5 nitrogen and oxygen atoms in total. The Morgan fingerprint density at radius 3 is 2.88 bits per heavy atom. The van der Waals surface area contributed by atoms with E-state index in [4.69, 9.17) is 0 Å². The van der Waals surface area contributed by atoms with Gasteiger partial charge in [-0.1, -0.05) is 6.07 Å². The Hall–Kier alpha value is -1.91. The van der Waals surface area contributed by atoms with Crippen molar-refractivity contribution in [2.24, 2.45) is 0 Å². The molecule has 0 aliphatic heterocycles. The third-order valence-electron chi connectivity index (χ3n) is 1.95. The standard InChI is InChI=1S/C11H14N2O3/c1-16-11(15)5-7-13-10(14)8-9-4-2-3-6-12-9/h2-4,6H,5,7-8H2,1H3,(H,13,14). The molecule has 0 bridgehead atoms. The number of rotatable bonds is 5. The third kappa shape index (κ3) is 4.54. The molecule has 1 amide bonds. The minimum Gasteiger partial charge on any atom is -0.469 e. The van der Waals surface area contributed by atoms with Crippen LogP contribution in [0.1, 0.15) is 12.1 Å². The first kappa shape index (κ1) is 12.2. The van der Waals surface area contributed by atoms with Gasteiger partial charge in [-0.2, -0.15) is 0 Å². The fourth-order valence-corrected chi connectivity index (χ4v) is 1.14. The van der Waals surface area contributed by atoms with Gasteiger partial charge in [0.1, 0.15) is 0 Å². The van der Waals surface area contributed by atoms with Crippen molar-refractivity contribution in [3.05, 3.63) is 30.1 Å². The highest BCUT2D eigenvalue weighted by molar-refractivity contribution is 5.78. The van der Waals surface area contributed by atoms with E-state index in [0.717, 1.165) is 0 Å². The average molecular weight is 222 g/mol. The summed E-state index contributed by atoms with van der Waals surface area (Å²) in [4.78, 5) is 26.2. The lowest BCUT2D eigenvalue weighted by Crippen LogP contribution is -2.28. The molecule has 16 heavy (non-hydrogen) atoms. The van der Waals surface area contributed by atoms with Crippen LogP contribution in [-0.2, 0) is 20.7 Å².